The van der Waals surface area contributed by atoms with Gasteiger partial charge in [-0.1, -0.05) is 72.3 Å². The van der Waals surface area contributed by atoms with E-state index in [1.165, 1.54) is 4.90 Å². The second kappa shape index (κ2) is 13.5. The van der Waals surface area contributed by atoms with Crippen LogP contribution >= 0.6 is 15.9 Å². The first kappa shape index (κ1) is 32.9. The Balaban J connectivity index is 1.59. The average molecular weight is 681 g/mol. The zero-order valence-electron chi connectivity index (χ0n) is 26.1. The highest BCUT2D eigenvalue weighted by Crippen LogP contribution is 2.61. The van der Waals surface area contributed by atoms with Gasteiger partial charge in [0.2, 0.25) is 11.8 Å². The van der Waals surface area contributed by atoms with E-state index >= 15 is 0 Å². The number of fused-ring (bicyclic) bond motifs is 1. The van der Waals surface area contributed by atoms with Crippen LogP contribution in [0, 0.1) is 17.8 Å². The van der Waals surface area contributed by atoms with Gasteiger partial charge in [0, 0.05) is 30.1 Å². The lowest BCUT2D eigenvalue weighted by atomic mass is 9.70. The molecule has 2 bridgehead atoms. The second-order valence-electron chi connectivity index (χ2n) is 12.3. The molecule has 5 rings (SSSR count). The lowest BCUT2D eigenvalue weighted by molar-refractivity contribution is -0.148. The number of ether oxygens (including phenoxy) is 2. The van der Waals surface area contributed by atoms with Gasteiger partial charge in [0.1, 0.15) is 17.4 Å². The number of aliphatic hydroxyl groups is 1. The van der Waals surface area contributed by atoms with E-state index in [4.69, 9.17) is 9.47 Å². The predicted molar refractivity (Wildman–Crippen MR) is 176 cm³/mol. The molecule has 0 aromatic heterocycles. The van der Waals surface area contributed by atoms with Crippen molar-refractivity contribution < 1.29 is 29.0 Å². The maximum atomic E-state index is 14.8. The Bertz CT molecular complexity index is 1420. The number of rotatable bonds is 13. The molecule has 3 aliphatic rings. The Morgan fingerprint density at radius 1 is 1.11 bits per heavy atom. The molecule has 1 spiro atoms. The highest BCUT2D eigenvalue weighted by Gasteiger charge is 2.77. The van der Waals surface area contributed by atoms with E-state index < -0.39 is 35.6 Å². The summed E-state index contributed by atoms with van der Waals surface area (Å²) in [4.78, 5) is 48.5. The number of hydrogen-bond donors (Lipinski definition) is 1. The molecule has 2 aromatic rings. The van der Waals surface area contributed by atoms with Crippen LogP contribution in [0.5, 0.6) is 5.75 Å². The minimum absolute atomic E-state index is 0.167. The molecular weight excluding hydrogens is 638 g/mol. The van der Waals surface area contributed by atoms with Crippen molar-refractivity contribution >= 4 is 39.3 Å². The Kier molecular flexibility index (Phi) is 9.86. The zero-order valence-corrected chi connectivity index (χ0v) is 27.6. The Morgan fingerprint density at radius 3 is 2.36 bits per heavy atom. The number of alkyl halides is 1. The molecule has 10 heteroatoms. The van der Waals surface area contributed by atoms with Gasteiger partial charge in [-0.05, 0) is 42.2 Å². The number of likely N-dealkylation sites (tertiary alicyclic amines) is 1. The van der Waals surface area contributed by atoms with Crippen LogP contribution < -0.4 is 9.64 Å². The van der Waals surface area contributed by atoms with Gasteiger partial charge >= 0.3 is 0 Å². The van der Waals surface area contributed by atoms with Gasteiger partial charge in [-0.25, -0.2) is 0 Å². The normalized spacial score (nSPS) is 27.3. The lowest BCUT2D eigenvalue weighted by Crippen LogP contribution is -2.60. The molecule has 3 saturated heterocycles. The summed E-state index contributed by atoms with van der Waals surface area (Å²) in [6.45, 7) is 12.0. The SMILES string of the molecule is C=CCN(Cc1ccccc1)C(=O)[C@H]1[C@@H]2OC3(CC2Br)C(C(=O)N(CC=C)c2ccc(OC)cc2)N([C@@H](CO)C(C)C)C(=O)[C@H]13. The maximum absolute atomic E-state index is 14.8. The molecular formula is C35H42BrN3O6. The van der Waals surface area contributed by atoms with Crippen LogP contribution in [0.3, 0.4) is 0 Å². The van der Waals surface area contributed by atoms with E-state index in [1.807, 2.05) is 44.2 Å². The van der Waals surface area contributed by atoms with E-state index in [0.29, 0.717) is 30.9 Å². The fourth-order valence-electron chi connectivity index (χ4n) is 7.37. The van der Waals surface area contributed by atoms with Crippen molar-refractivity contribution in [2.75, 3.05) is 31.7 Å². The highest BCUT2D eigenvalue weighted by atomic mass is 79.9. The van der Waals surface area contributed by atoms with Crippen molar-refractivity contribution in [3.63, 3.8) is 0 Å². The summed E-state index contributed by atoms with van der Waals surface area (Å²) in [7, 11) is 1.57. The Labute approximate surface area is 273 Å². The molecule has 0 aliphatic carbocycles. The summed E-state index contributed by atoms with van der Waals surface area (Å²) in [5.74, 6) is -2.15. The first-order valence-corrected chi connectivity index (χ1v) is 16.3. The Hall–Kier alpha value is -3.47. The van der Waals surface area contributed by atoms with Gasteiger partial charge in [0.15, 0.2) is 0 Å². The molecule has 3 amide bonds. The summed E-state index contributed by atoms with van der Waals surface area (Å²) in [6.07, 6.45) is 3.07. The van der Waals surface area contributed by atoms with Crippen LogP contribution in [-0.2, 0) is 25.7 Å². The number of hydrogen-bond acceptors (Lipinski definition) is 6. The number of carbonyl (C=O) groups is 3. The first-order chi connectivity index (χ1) is 21.6. The predicted octanol–water partition coefficient (Wildman–Crippen LogP) is 4.19. The zero-order chi connectivity index (χ0) is 32.5. The molecule has 3 unspecified atom stereocenters. The monoisotopic (exact) mass is 679 g/mol. The third kappa shape index (κ3) is 5.72. The minimum Gasteiger partial charge on any atom is -0.497 e. The first-order valence-electron chi connectivity index (χ1n) is 15.4. The third-order valence-electron chi connectivity index (χ3n) is 9.40. The number of nitrogens with zero attached hydrogens (tertiary/aromatic N) is 3. The fourth-order valence-corrected chi connectivity index (χ4v) is 8.31. The smallest absolute Gasteiger partial charge is 0.253 e. The molecule has 2 aromatic carbocycles. The van der Waals surface area contributed by atoms with Gasteiger partial charge < -0.3 is 29.3 Å². The molecule has 3 heterocycles. The highest BCUT2D eigenvalue weighted by molar-refractivity contribution is 9.09. The number of halogens is 1. The van der Waals surface area contributed by atoms with Gasteiger partial charge in [-0.2, -0.15) is 0 Å². The van der Waals surface area contributed by atoms with Gasteiger partial charge in [-0.15, -0.1) is 13.2 Å². The van der Waals surface area contributed by atoms with E-state index in [0.717, 1.165) is 5.56 Å². The number of amides is 3. The van der Waals surface area contributed by atoms with Crippen LogP contribution in [0.2, 0.25) is 0 Å². The molecule has 3 fully saturated rings. The lowest BCUT2D eigenvalue weighted by Gasteiger charge is -2.40. The van der Waals surface area contributed by atoms with Crippen LogP contribution in [0.15, 0.2) is 79.9 Å². The Morgan fingerprint density at radius 2 is 1.78 bits per heavy atom. The fraction of sp³-hybridized carbons (Fsp3) is 0.457. The largest absolute Gasteiger partial charge is 0.497 e. The van der Waals surface area contributed by atoms with Crippen LogP contribution in [0.25, 0.3) is 0 Å². The van der Waals surface area contributed by atoms with Crippen molar-refractivity contribution in [2.45, 2.75) is 55.4 Å². The number of anilines is 1. The van der Waals surface area contributed by atoms with Gasteiger partial charge in [0.05, 0.1) is 37.7 Å². The van der Waals surface area contributed by atoms with Crippen molar-refractivity contribution in [1.29, 1.82) is 0 Å². The molecule has 240 valence electrons. The third-order valence-corrected chi connectivity index (χ3v) is 10.2. The van der Waals surface area contributed by atoms with Crippen LogP contribution in [0.1, 0.15) is 25.8 Å². The summed E-state index contributed by atoms with van der Waals surface area (Å²) < 4.78 is 12.1. The van der Waals surface area contributed by atoms with Crippen molar-refractivity contribution in [3.8, 4) is 5.75 Å². The second-order valence-corrected chi connectivity index (χ2v) is 13.5. The molecule has 7 atom stereocenters. The number of benzene rings is 2. The van der Waals surface area contributed by atoms with E-state index in [2.05, 4.69) is 29.1 Å². The maximum Gasteiger partial charge on any atom is 0.253 e. The van der Waals surface area contributed by atoms with E-state index in [9.17, 15) is 19.5 Å². The molecule has 9 nitrogen and oxygen atoms in total. The average Bonchev–Trinajstić information content (AvgIpc) is 3.63. The van der Waals surface area contributed by atoms with Crippen molar-refractivity contribution in [1.82, 2.24) is 9.80 Å². The van der Waals surface area contributed by atoms with Crippen molar-refractivity contribution in [2.24, 2.45) is 17.8 Å². The van der Waals surface area contributed by atoms with E-state index in [1.54, 1.807) is 53.3 Å². The number of carbonyl (C=O) groups excluding carboxylic acids is 3. The number of aliphatic hydroxyl groups excluding tert-OH is 1. The molecule has 1 N–H and O–H groups in total. The van der Waals surface area contributed by atoms with Crippen molar-refractivity contribution in [3.05, 3.63) is 85.5 Å². The summed E-state index contributed by atoms with van der Waals surface area (Å²) in [5, 5.41) is 10.6. The van der Waals surface area contributed by atoms with Crippen LogP contribution in [-0.4, -0.2) is 88.0 Å². The summed E-state index contributed by atoms with van der Waals surface area (Å²) >= 11 is 3.77. The van der Waals surface area contributed by atoms with Crippen LogP contribution in [0.4, 0.5) is 5.69 Å². The quantitative estimate of drug-likeness (QED) is 0.252. The van der Waals surface area contributed by atoms with E-state index in [-0.39, 0.29) is 41.6 Å². The minimum atomic E-state index is -1.27. The number of methoxy groups -OCH3 is 1. The molecule has 0 radical (unpaired) electrons. The topological polar surface area (TPSA) is 99.6 Å². The molecule has 0 saturated carbocycles. The standard InChI is InChI=1S/C35H42BrN3O6/c1-6-17-37(20-23-11-9-8-10-12-23)32(41)28-29-33(42)39(27(21-40)22(3)4)31(35(29)19-26(36)30(28)45-35)34(43)38(18-7-2)24-13-15-25(44-5)16-14-24/h6-16,22,26-31,40H,1-2,17-21H2,3-5H3/t26?,27-,28+,29-,30+,31?,35?/m0/s1. The molecule has 45 heavy (non-hydrogen) atoms. The summed E-state index contributed by atoms with van der Waals surface area (Å²) in [5.41, 5.74) is 0.288. The van der Waals surface area contributed by atoms with Gasteiger partial charge in [0.25, 0.3) is 5.91 Å². The molecule has 3 aliphatic heterocycles. The van der Waals surface area contributed by atoms with Gasteiger partial charge in [-0.3, -0.25) is 14.4 Å². The summed E-state index contributed by atoms with van der Waals surface area (Å²) in [6, 6.07) is 15.0.